The maximum atomic E-state index is 5.63. The molecule has 0 fully saturated rings. The zero-order valence-corrected chi connectivity index (χ0v) is 15.0. The zero-order valence-electron chi connectivity index (χ0n) is 14.2. The Kier molecular flexibility index (Phi) is 4.71. The highest BCUT2D eigenvalue weighted by molar-refractivity contribution is 7.98. The lowest BCUT2D eigenvalue weighted by Gasteiger charge is -2.09. The van der Waals surface area contributed by atoms with Gasteiger partial charge in [0.2, 0.25) is 17.7 Å². The van der Waals surface area contributed by atoms with Gasteiger partial charge in [-0.15, -0.1) is 10.2 Å². The van der Waals surface area contributed by atoms with Crippen molar-refractivity contribution in [2.45, 2.75) is 17.5 Å². The maximum absolute atomic E-state index is 5.63. The Morgan fingerprint density at radius 2 is 1.70 bits per heavy atom. The van der Waals surface area contributed by atoms with Crippen molar-refractivity contribution in [2.75, 3.05) is 11.5 Å². The highest BCUT2D eigenvalue weighted by Crippen LogP contribution is 2.27. The van der Waals surface area contributed by atoms with Gasteiger partial charge in [-0.3, -0.25) is 4.57 Å². The number of thioether (sulfide) groups is 1. The van der Waals surface area contributed by atoms with Gasteiger partial charge in [0.05, 0.1) is 18.6 Å². The van der Waals surface area contributed by atoms with Crippen LogP contribution in [0.15, 0.2) is 58.3 Å². The predicted octanol–water partition coefficient (Wildman–Crippen LogP) is 2.23. The van der Waals surface area contributed by atoms with E-state index in [0.717, 1.165) is 5.56 Å². The molecule has 1 aromatic carbocycles. The number of hydrogen-bond donors (Lipinski definition) is 2. The summed E-state index contributed by atoms with van der Waals surface area (Å²) in [6.07, 6.45) is 1.61. The normalized spacial score (nSPS) is 11.0. The minimum atomic E-state index is 0.0973. The molecule has 3 heterocycles. The first-order valence-corrected chi connectivity index (χ1v) is 9.07. The van der Waals surface area contributed by atoms with E-state index in [1.54, 1.807) is 6.26 Å². The van der Waals surface area contributed by atoms with Crippen molar-refractivity contribution in [3.05, 3.63) is 60.1 Å². The van der Waals surface area contributed by atoms with Gasteiger partial charge in [-0.1, -0.05) is 42.1 Å². The first-order valence-electron chi connectivity index (χ1n) is 8.09. The summed E-state index contributed by atoms with van der Waals surface area (Å²) in [5.74, 6) is 2.42. The van der Waals surface area contributed by atoms with Gasteiger partial charge in [-0.2, -0.15) is 15.0 Å². The first kappa shape index (κ1) is 17.0. The van der Waals surface area contributed by atoms with Crippen molar-refractivity contribution in [3.63, 3.8) is 0 Å². The van der Waals surface area contributed by atoms with Gasteiger partial charge in [-0.25, -0.2) is 0 Å². The SMILES string of the molecule is Nc1nc(N)nc(CSc2nnc(-c3ccco3)n2Cc2ccccc2)n1. The molecule has 10 heteroatoms. The molecule has 4 N–H and O–H groups in total. The number of nitrogens with two attached hydrogens (primary N) is 2. The van der Waals surface area contributed by atoms with Crippen LogP contribution in [-0.2, 0) is 12.3 Å². The number of benzene rings is 1. The third kappa shape index (κ3) is 3.90. The molecule has 27 heavy (non-hydrogen) atoms. The van der Waals surface area contributed by atoms with E-state index in [0.29, 0.717) is 34.9 Å². The molecule has 0 amide bonds. The van der Waals surface area contributed by atoms with Crippen LogP contribution in [0.2, 0.25) is 0 Å². The van der Waals surface area contributed by atoms with Crippen LogP contribution in [0.1, 0.15) is 11.4 Å². The largest absolute Gasteiger partial charge is 0.461 e. The van der Waals surface area contributed by atoms with Crippen LogP contribution in [-0.4, -0.2) is 29.7 Å². The molecule has 0 bridgehead atoms. The number of anilines is 2. The number of nitrogen functional groups attached to an aromatic ring is 2. The summed E-state index contributed by atoms with van der Waals surface area (Å²) >= 11 is 1.44. The molecule has 0 aliphatic rings. The molecule has 0 spiro atoms. The average molecular weight is 380 g/mol. The van der Waals surface area contributed by atoms with E-state index in [1.807, 2.05) is 47.0 Å². The lowest BCUT2D eigenvalue weighted by atomic mass is 10.2. The highest BCUT2D eigenvalue weighted by atomic mass is 32.2. The zero-order chi connectivity index (χ0) is 18.6. The minimum Gasteiger partial charge on any atom is -0.461 e. The fraction of sp³-hybridized carbons (Fsp3) is 0.118. The van der Waals surface area contributed by atoms with Crippen molar-refractivity contribution < 1.29 is 4.42 Å². The van der Waals surface area contributed by atoms with Crippen molar-refractivity contribution in [1.29, 1.82) is 0 Å². The van der Waals surface area contributed by atoms with Gasteiger partial charge in [-0.05, 0) is 17.7 Å². The summed E-state index contributed by atoms with van der Waals surface area (Å²) in [5, 5.41) is 9.32. The van der Waals surface area contributed by atoms with E-state index < -0.39 is 0 Å². The van der Waals surface area contributed by atoms with E-state index in [2.05, 4.69) is 25.1 Å². The molecule has 0 aliphatic heterocycles. The monoisotopic (exact) mass is 380 g/mol. The Morgan fingerprint density at radius 1 is 0.926 bits per heavy atom. The Morgan fingerprint density at radius 3 is 2.41 bits per heavy atom. The van der Waals surface area contributed by atoms with E-state index in [1.165, 1.54) is 11.8 Å². The fourth-order valence-electron chi connectivity index (χ4n) is 2.54. The topological polar surface area (TPSA) is 135 Å². The molecular weight excluding hydrogens is 364 g/mol. The van der Waals surface area contributed by atoms with E-state index in [-0.39, 0.29) is 11.9 Å². The van der Waals surface area contributed by atoms with Gasteiger partial charge in [0.15, 0.2) is 10.9 Å². The van der Waals surface area contributed by atoms with Gasteiger partial charge in [0, 0.05) is 0 Å². The number of nitrogens with zero attached hydrogens (tertiary/aromatic N) is 6. The minimum absolute atomic E-state index is 0.0973. The first-order chi connectivity index (χ1) is 13.2. The lowest BCUT2D eigenvalue weighted by molar-refractivity contribution is 0.569. The summed E-state index contributed by atoms with van der Waals surface area (Å²) in [6, 6.07) is 13.7. The van der Waals surface area contributed by atoms with E-state index in [4.69, 9.17) is 15.9 Å². The predicted molar refractivity (Wildman–Crippen MR) is 101 cm³/mol. The van der Waals surface area contributed by atoms with Gasteiger partial charge < -0.3 is 15.9 Å². The van der Waals surface area contributed by atoms with Crippen molar-refractivity contribution in [3.8, 4) is 11.6 Å². The highest BCUT2D eigenvalue weighted by Gasteiger charge is 2.17. The van der Waals surface area contributed by atoms with E-state index in [9.17, 15) is 0 Å². The molecular formula is C17H16N8OS. The quantitative estimate of drug-likeness (QED) is 0.483. The molecule has 0 aliphatic carbocycles. The smallest absolute Gasteiger partial charge is 0.225 e. The summed E-state index contributed by atoms with van der Waals surface area (Å²) in [4.78, 5) is 12.0. The van der Waals surface area contributed by atoms with E-state index >= 15 is 0 Å². The Hall–Kier alpha value is -3.40. The van der Waals surface area contributed by atoms with Gasteiger partial charge >= 0.3 is 0 Å². The van der Waals surface area contributed by atoms with Crippen molar-refractivity contribution in [2.24, 2.45) is 0 Å². The molecule has 0 saturated carbocycles. The third-order valence-corrected chi connectivity index (χ3v) is 4.65. The van der Waals surface area contributed by atoms with Crippen molar-refractivity contribution in [1.82, 2.24) is 29.7 Å². The lowest BCUT2D eigenvalue weighted by Crippen LogP contribution is -2.07. The number of hydrogen-bond acceptors (Lipinski definition) is 9. The van der Waals surface area contributed by atoms with Crippen LogP contribution in [0.3, 0.4) is 0 Å². The van der Waals surface area contributed by atoms with Gasteiger partial charge in [0.1, 0.15) is 5.82 Å². The van der Waals surface area contributed by atoms with Gasteiger partial charge in [0.25, 0.3) is 0 Å². The molecule has 0 atom stereocenters. The summed E-state index contributed by atoms with van der Waals surface area (Å²) < 4.78 is 7.50. The standard InChI is InChI=1S/C17H16N8OS/c18-15-20-13(21-16(19)22-15)10-27-17-24-23-14(12-7-4-8-26-12)25(17)9-11-5-2-1-3-6-11/h1-8H,9-10H2,(H4,18,19,20,21,22). The second-order valence-corrected chi connectivity index (χ2v) is 6.55. The summed E-state index contributed by atoms with van der Waals surface area (Å²) in [7, 11) is 0. The van der Waals surface area contributed by atoms with Crippen LogP contribution in [0.5, 0.6) is 0 Å². The molecule has 0 radical (unpaired) electrons. The Balaban J connectivity index is 1.63. The summed E-state index contributed by atoms with van der Waals surface area (Å²) in [5.41, 5.74) is 12.4. The Labute approximate surface area is 158 Å². The average Bonchev–Trinajstić information content (AvgIpc) is 3.30. The second kappa shape index (κ2) is 7.46. The molecule has 0 unspecified atom stereocenters. The molecule has 0 saturated heterocycles. The van der Waals surface area contributed by atoms with Crippen LogP contribution >= 0.6 is 11.8 Å². The molecule has 9 nitrogen and oxygen atoms in total. The fourth-order valence-corrected chi connectivity index (χ4v) is 3.34. The van der Waals surface area contributed by atoms with Crippen LogP contribution in [0.4, 0.5) is 11.9 Å². The van der Waals surface area contributed by atoms with Crippen LogP contribution in [0.25, 0.3) is 11.6 Å². The molecule has 136 valence electrons. The third-order valence-electron chi connectivity index (χ3n) is 3.69. The number of rotatable bonds is 6. The van der Waals surface area contributed by atoms with Crippen LogP contribution < -0.4 is 11.5 Å². The molecule has 4 rings (SSSR count). The molecule has 3 aromatic heterocycles. The Bertz CT molecular complexity index is 1010. The van der Waals surface area contributed by atoms with Crippen molar-refractivity contribution >= 4 is 23.7 Å². The summed E-state index contributed by atoms with van der Waals surface area (Å²) in [6.45, 7) is 0.605. The number of furan rings is 1. The van der Waals surface area contributed by atoms with Crippen LogP contribution in [0, 0.1) is 0 Å². The second-order valence-electron chi connectivity index (χ2n) is 5.61. The number of aromatic nitrogens is 6. The molecule has 4 aromatic rings. The maximum Gasteiger partial charge on any atom is 0.225 e.